The number of aromatic amines is 1. The zero-order valence-corrected chi connectivity index (χ0v) is 12.4. The Hall–Kier alpha value is -0.860. The maximum atomic E-state index is 12.1. The molecule has 0 saturated carbocycles. The largest absolute Gasteiger partial charge is 0.390 e. The Morgan fingerprint density at radius 1 is 1.53 bits per heavy atom. The summed E-state index contributed by atoms with van der Waals surface area (Å²) in [4.78, 5) is 3.63. The third kappa shape index (κ3) is 3.37. The Morgan fingerprint density at radius 2 is 2.26 bits per heavy atom. The molecular formula is C11H13ClN2O3S2. The zero-order chi connectivity index (χ0) is 14.0. The highest BCUT2D eigenvalue weighted by atomic mass is 35.5. The average molecular weight is 321 g/mol. The maximum absolute atomic E-state index is 12.1. The van der Waals surface area contributed by atoms with Crippen LogP contribution in [0.25, 0.3) is 0 Å². The number of hydrogen-bond donors (Lipinski definition) is 3. The number of thiophene rings is 1. The van der Waals surface area contributed by atoms with Crippen molar-refractivity contribution in [3.05, 3.63) is 39.3 Å². The number of rotatable bonds is 5. The van der Waals surface area contributed by atoms with Gasteiger partial charge in [-0.15, -0.1) is 11.3 Å². The molecule has 0 bridgehead atoms. The molecule has 0 spiro atoms. The van der Waals surface area contributed by atoms with E-state index in [0.29, 0.717) is 10.0 Å². The second-order valence-corrected chi connectivity index (χ2v) is 7.46. The van der Waals surface area contributed by atoms with Crippen LogP contribution in [0.3, 0.4) is 0 Å². The molecule has 0 fully saturated rings. The molecule has 1 unspecified atom stereocenters. The van der Waals surface area contributed by atoms with Crippen LogP contribution < -0.4 is 4.72 Å². The monoisotopic (exact) mass is 320 g/mol. The predicted octanol–water partition coefficient (Wildman–Crippen LogP) is 2.26. The van der Waals surface area contributed by atoms with Gasteiger partial charge in [0.25, 0.3) is 0 Å². The van der Waals surface area contributed by atoms with Crippen molar-refractivity contribution in [3.63, 3.8) is 0 Å². The molecule has 0 aliphatic rings. The van der Waals surface area contributed by atoms with E-state index >= 15 is 0 Å². The van der Waals surface area contributed by atoms with Gasteiger partial charge < -0.3 is 10.1 Å². The summed E-state index contributed by atoms with van der Waals surface area (Å²) in [6.45, 7) is 1.52. The second-order valence-electron chi connectivity index (χ2n) is 4.00. The summed E-state index contributed by atoms with van der Waals surface area (Å²) in [7, 11) is -3.62. The first-order valence-electron chi connectivity index (χ1n) is 5.48. The van der Waals surface area contributed by atoms with E-state index in [0.717, 1.165) is 4.88 Å². The molecule has 104 valence electrons. The highest BCUT2D eigenvalue weighted by Crippen LogP contribution is 2.27. The van der Waals surface area contributed by atoms with E-state index in [1.54, 1.807) is 19.1 Å². The van der Waals surface area contributed by atoms with Crippen molar-refractivity contribution in [3.8, 4) is 0 Å². The smallest absolute Gasteiger partial charge is 0.242 e. The Balaban J connectivity index is 2.17. The molecule has 0 radical (unpaired) electrons. The van der Waals surface area contributed by atoms with E-state index in [9.17, 15) is 8.42 Å². The number of H-pyrrole nitrogens is 1. The van der Waals surface area contributed by atoms with E-state index in [4.69, 9.17) is 16.7 Å². The lowest BCUT2D eigenvalue weighted by atomic mass is 10.3. The van der Waals surface area contributed by atoms with Crippen LogP contribution in [-0.2, 0) is 16.6 Å². The topological polar surface area (TPSA) is 82.2 Å². The summed E-state index contributed by atoms with van der Waals surface area (Å²) in [5.41, 5.74) is 0.451. The molecule has 2 heterocycles. The normalized spacial score (nSPS) is 13.6. The van der Waals surface area contributed by atoms with E-state index < -0.39 is 10.0 Å². The summed E-state index contributed by atoms with van der Waals surface area (Å²) in [5.74, 6) is 0. The van der Waals surface area contributed by atoms with E-state index in [-0.39, 0.29) is 17.5 Å². The van der Waals surface area contributed by atoms with Gasteiger partial charge in [0.15, 0.2) is 0 Å². The van der Waals surface area contributed by atoms with Gasteiger partial charge in [-0.25, -0.2) is 13.1 Å². The van der Waals surface area contributed by atoms with Gasteiger partial charge in [-0.3, -0.25) is 0 Å². The van der Waals surface area contributed by atoms with Gasteiger partial charge in [0.1, 0.15) is 0 Å². The van der Waals surface area contributed by atoms with Crippen LogP contribution in [0.4, 0.5) is 0 Å². The van der Waals surface area contributed by atoms with E-state index in [1.165, 1.54) is 23.6 Å². The number of aliphatic hydroxyl groups is 1. The summed E-state index contributed by atoms with van der Waals surface area (Å²) < 4.78 is 27.4. The van der Waals surface area contributed by atoms with Gasteiger partial charge in [0.2, 0.25) is 10.0 Å². The van der Waals surface area contributed by atoms with Gasteiger partial charge in [-0.2, -0.15) is 0 Å². The first-order chi connectivity index (χ1) is 8.92. The molecule has 2 rings (SSSR count). The van der Waals surface area contributed by atoms with Crippen LogP contribution in [0.1, 0.15) is 23.5 Å². The van der Waals surface area contributed by atoms with Gasteiger partial charge in [0.05, 0.1) is 21.9 Å². The van der Waals surface area contributed by atoms with Crippen LogP contribution in [0, 0.1) is 0 Å². The Labute approximate surface area is 120 Å². The van der Waals surface area contributed by atoms with Crippen LogP contribution >= 0.6 is 22.9 Å². The highest BCUT2D eigenvalue weighted by Gasteiger charge is 2.20. The SMILES string of the molecule is CC(NS(=O)(=O)c1c[nH]c(CO)c1)c1ccc(Cl)s1. The molecule has 0 aliphatic carbocycles. The Kier molecular flexibility index (Phi) is 4.32. The van der Waals surface area contributed by atoms with Crippen molar-refractivity contribution >= 4 is 33.0 Å². The molecule has 2 aromatic rings. The van der Waals surface area contributed by atoms with Crippen molar-refractivity contribution in [1.82, 2.24) is 9.71 Å². The van der Waals surface area contributed by atoms with Crippen LogP contribution in [-0.4, -0.2) is 18.5 Å². The first kappa shape index (κ1) is 14.5. The number of hydrogen-bond acceptors (Lipinski definition) is 4. The summed E-state index contributed by atoms with van der Waals surface area (Å²) in [6, 6.07) is 4.55. The van der Waals surface area contributed by atoms with Gasteiger partial charge in [-0.05, 0) is 25.1 Å². The number of aliphatic hydroxyl groups excluding tert-OH is 1. The van der Waals surface area contributed by atoms with Crippen molar-refractivity contribution in [2.24, 2.45) is 0 Å². The molecule has 19 heavy (non-hydrogen) atoms. The number of sulfonamides is 1. The lowest BCUT2D eigenvalue weighted by Gasteiger charge is -2.11. The highest BCUT2D eigenvalue weighted by molar-refractivity contribution is 7.89. The summed E-state index contributed by atoms with van der Waals surface area (Å²) in [5, 5.41) is 8.92. The molecule has 5 nitrogen and oxygen atoms in total. The zero-order valence-electron chi connectivity index (χ0n) is 10.1. The van der Waals surface area contributed by atoms with Crippen LogP contribution in [0.15, 0.2) is 29.3 Å². The number of halogens is 1. The van der Waals surface area contributed by atoms with Crippen molar-refractivity contribution in [1.29, 1.82) is 0 Å². The molecule has 0 aliphatic heterocycles. The second kappa shape index (κ2) is 5.64. The molecule has 0 saturated heterocycles. The minimum atomic E-state index is -3.62. The minimum absolute atomic E-state index is 0.103. The fourth-order valence-corrected chi connectivity index (χ4v) is 3.96. The molecule has 0 aromatic carbocycles. The average Bonchev–Trinajstić information content (AvgIpc) is 2.96. The fourth-order valence-electron chi connectivity index (χ4n) is 1.59. The lowest BCUT2D eigenvalue weighted by Crippen LogP contribution is -2.26. The van der Waals surface area contributed by atoms with Gasteiger partial charge in [-0.1, -0.05) is 11.6 Å². The Bertz CT molecular complexity index is 663. The predicted molar refractivity (Wildman–Crippen MR) is 74.8 cm³/mol. The number of aromatic nitrogens is 1. The third-order valence-electron chi connectivity index (χ3n) is 2.55. The molecule has 3 N–H and O–H groups in total. The van der Waals surface area contributed by atoms with Crippen LogP contribution in [0.2, 0.25) is 4.34 Å². The van der Waals surface area contributed by atoms with Gasteiger partial charge in [0, 0.05) is 16.8 Å². The Morgan fingerprint density at radius 3 is 2.79 bits per heavy atom. The quantitative estimate of drug-likeness (QED) is 0.790. The summed E-state index contributed by atoms with van der Waals surface area (Å²) in [6.07, 6.45) is 1.35. The number of nitrogens with one attached hydrogen (secondary N) is 2. The molecular weight excluding hydrogens is 308 g/mol. The van der Waals surface area contributed by atoms with Gasteiger partial charge >= 0.3 is 0 Å². The molecule has 0 amide bonds. The fraction of sp³-hybridized carbons (Fsp3) is 0.273. The van der Waals surface area contributed by atoms with E-state index in [2.05, 4.69) is 9.71 Å². The standard InChI is InChI=1S/C11H13ClN2O3S2/c1-7(10-2-3-11(12)18-10)14-19(16,17)9-4-8(6-15)13-5-9/h2-5,7,13-15H,6H2,1H3. The van der Waals surface area contributed by atoms with Crippen molar-refractivity contribution in [2.45, 2.75) is 24.5 Å². The van der Waals surface area contributed by atoms with Crippen molar-refractivity contribution < 1.29 is 13.5 Å². The van der Waals surface area contributed by atoms with E-state index in [1.807, 2.05) is 0 Å². The lowest BCUT2D eigenvalue weighted by molar-refractivity contribution is 0.277. The minimum Gasteiger partial charge on any atom is -0.390 e. The molecule has 8 heteroatoms. The third-order valence-corrected chi connectivity index (χ3v) is 5.48. The van der Waals surface area contributed by atoms with Crippen molar-refractivity contribution in [2.75, 3.05) is 0 Å². The maximum Gasteiger partial charge on any atom is 0.242 e. The van der Waals surface area contributed by atoms with Crippen LogP contribution in [0.5, 0.6) is 0 Å². The summed E-state index contributed by atoms with van der Waals surface area (Å²) >= 11 is 7.16. The molecule has 1 atom stereocenters. The first-order valence-corrected chi connectivity index (χ1v) is 8.16. The molecule has 2 aromatic heterocycles.